The molecule has 1 amide bonds. The summed E-state index contributed by atoms with van der Waals surface area (Å²) >= 11 is 0. The van der Waals surface area contributed by atoms with Crippen molar-refractivity contribution in [2.24, 2.45) is 5.73 Å². The quantitative estimate of drug-likeness (QED) is 0.801. The summed E-state index contributed by atoms with van der Waals surface area (Å²) in [7, 11) is 3.25. The van der Waals surface area contributed by atoms with E-state index in [2.05, 4.69) is 28.8 Å². The van der Waals surface area contributed by atoms with E-state index in [1.165, 1.54) is 5.56 Å². The number of aromatic amines is 1. The van der Waals surface area contributed by atoms with E-state index in [1.54, 1.807) is 20.3 Å². The van der Waals surface area contributed by atoms with E-state index in [1.807, 2.05) is 12.1 Å². The molecule has 108 valence electrons. The number of anilines is 1. The Labute approximate surface area is 118 Å². The molecular weight excluding hydrogens is 254 g/mol. The van der Waals surface area contributed by atoms with Crippen molar-refractivity contribution in [1.29, 1.82) is 0 Å². The third-order valence-electron chi connectivity index (χ3n) is 2.76. The van der Waals surface area contributed by atoms with Gasteiger partial charge in [-0.15, -0.1) is 0 Å². The maximum absolute atomic E-state index is 11.1. The summed E-state index contributed by atoms with van der Waals surface area (Å²) < 4.78 is 4.25. The van der Waals surface area contributed by atoms with Crippen molar-refractivity contribution in [3.05, 3.63) is 41.5 Å². The van der Waals surface area contributed by atoms with E-state index >= 15 is 0 Å². The van der Waals surface area contributed by atoms with Gasteiger partial charge in [-0.3, -0.25) is 4.79 Å². The predicted molar refractivity (Wildman–Crippen MR) is 81.5 cm³/mol. The van der Waals surface area contributed by atoms with Gasteiger partial charge < -0.3 is 21.2 Å². The molecule has 1 aromatic heterocycles. The molecule has 20 heavy (non-hydrogen) atoms. The van der Waals surface area contributed by atoms with Gasteiger partial charge in [0.05, 0.1) is 5.56 Å². The number of carbonyl (C=O) groups is 1. The number of nitrogens with two attached hydrogens (primary N) is 2. The number of aromatic nitrogens is 1. The second kappa shape index (κ2) is 7.35. The van der Waals surface area contributed by atoms with Crippen molar-refractivity contribution in [2.75, 3.05) is 20.0 Å². The molecule has 1 aromatic carbocycles. The van der Waals surface area contributed by atoms with Crippen LogP contribution in [0.4, 0.5) is 5.82 Å². The molecule has 0 unspecified atom stereocenters. The fourth-order valence-corrected chi connectivity index (χ4v) is 1.79. The van der Waals surface area contributed by atoms with Gasteiger partial charge >= 0.3 is 0 Å². The van der Waals surface area contributed by atoms with E-state index in [9.17, 15) is 4.79 Å². The number of carbonyl (C=O) groups excluding carboxylic acids is 1. The molecule has 0 bridgehead atoms. The zero-order chi connectivity index (χ0) is 15.1. The van der Waals surface area contributed by atoms with Crippen LogP contribution in [0.2, 0.25) is 0 Å². The largest absolute Gasteiger partial charge is 0.388 e. The lowest BCUT2D eigenvalue weighted by molar-refractivity contribution is 0.100. The van der Waals surface area contributed by atoms with Crippen LogP contribution in [0, 0.1) is 0 Å². The van der Waals surface area contributed by atoms with Crippen LogP contribution in [-0.2, 0) is 11.2 Å². The number of rotatable bonds is 3. The van der Waals surface area contributed by atoms with Gasteiger partial charge in [0.2, 0.25) is 0 Å². The van der Waals surface area contributed by atoms with Crippen LogP contribution in [0.3, 0.4) is 0 Å². The number of nitrogens with one attached hydrogen (secondary N) is 1. The molecule has 0 saturated heterocycles. The summed E-state index contributed by atoms with van der Waals surface area (Å²) in [5.41, 5.74) is 14.3. The molecular formula is C15H21N3O2. The van der Waals surface area contributed by atoms with E-state index in [0.29, 0.717) is 11.4 Å². The van der Waals surface area contributed by atoms with Crippen LogP contribution in [-0.4, -0.2) is 25.1 Å². The van der Waals surface area contributed by atoms with Crippen molar-refractivity contribution < 1.29 is 9.53 Å². The third-order valence-corrected chi connectivity index (χ3v) is 2.76. The molecule has 0 saturated carbocycles. The maximum atomic E-state index is 11.1. The Hall–Kier alpha value is -2.27. The molecule has 5 N–H and O–H groups in total. The predicted octanol–water partition coefficient (Wildman–Crippen LogP) is 2.19. The number of nitrogen functional groups attached to an aromatic ring is 1. The summed E-state index contributed by atoms with van der Waals surface area (Å²) in [6.45, 7) is 2.09. The van der Waals surface area contributed by atoms with Gasteiger partial charge in [-0.1, -0.05) is 25.1 Å². The number of amides is 1. The minimum Gasteiger partial charge on any atom is -0.388 e. The monoisotopic (exact) mass is 275 g/mol. The smallest absolute Gasteiger partial charge is 0.252 e. The highest BCUT2D eigenvalue weighted by atomic mass is 16.4. The molecule has 1 heterocycles. The molecule has 2 aromatic rings. The van der Waals surface area contributed by atoms with Crippen LogP contribution in [0.25, 0.3) is 11.3 Å². The molecule has 5 heteroatoms. The van der Waals surface area contributed by atoms with E-state index < -0.39 is 5.91 Å². The van der Waals surface area contributed by atoms with Crippen LogP contribution in [0.15, 0.2) is 30.3 Å². The summed E-state index contributed by atoms with van der Waals surface area (Å²) in [6, 6.07) is 9.76. The van der Waals surface area contributed by atoms with Crippen molar-refractivity contribution in [1.82, 2.24) is 4.98 Å². The lowest BCUT2D eigenvalue weighted by atomic mass is 10.1. The van der Waals surface area contributed by atoms with Crippen molar-refractivity contribution in [3.63, 3.8) is 0 Å². The Morgan fingerprint density at radius 3 is 2.45 bits per heavy atom. The first-order valence-corrected chi connectivity index (χ1v) is 6.31. The molecule has 0 atom stereocenters. The van der Waals surface area contributed by atoms with Crippen LogP contribution >= 0.6 is 0 Å². The topological polar surface area (TPSA) is 94.1 Å². The Balaban J connectivity index is 0.000000612. The van der Waals surface area contributed by atoms with Crippen LogP contribution < -0.4 is 11.5 Å². The summed E-state index contributed by atoms with van der Waals surface area (Å²) in [6.07, 6.45) is 0.965. The average molecular weight is 275 g/mol. The Morgan fingerprint density at radius 1 is 1.30 bits per heavy atom. The first-order valence-electron chi connectivity index (χ1n) is 6.31. The van der Waals surface area contributed by atoms with Gasteiger partial charge in [-0.05, 0) is 29.7 Å². The maximum Gasteiger partial charge on any atom is 0.252 e. The van der Waals surface area contributed by atoms with Crippen molar-refractivity contribution in [3.8, 4) is 11.3 Å². The van der Waals surface area contributed by atoms with Gasteiger partial charge in [0.15, 0.2) is 0 Å². The Bertz CT molecular complexity index is 576. The minimum atomic E-state index is -0.517. The lowest BCUT2D eigenvalue weighted by Gasteiger charge is -2.01. The van der Waals surface area contributed by atoms with Gasteiger partial charge in [0.25, 0.3) is 5.91 Å². The summed E-state index contributed by atoms with van der Waals surface area (Å²) in [5, 5.41) is 0. The summed E-state index contributed by atoms with van der Waals surface area (Å²) in [4.78, 5) is 14.1. The molecule has 0 aliphatic rings. The molecule has 0 spiro atoms. The van der Waals surface area contributed by atoms with Gasteiger partial charge in [-0.2, -0.15) is 0 Å². The number of methoxy groups -OCH3 is 1. The van der Waals surface area contributed by atoms with Crippen molar-refractivity contribution in [2.45, 2.75) is 13.3 Å². The van der Waals surface area contributed by atoms with E-state index in [-0.39, 0.29) is 0 Å². The minimum absolute atomic E-state index is 0.314. The number of benzene rings is 1. The fourth-order valence-electron chi connectivity index (χ4n) is 1.79. The number of H-pyrrole nitrogens is 1. The second-order valence-corrected chi connectivity index (χ2v) is 4.34. The average Bonchev–Trinajstić information content (AvgIpc) is 2.82. The van der Waals surface area contributed by atoms with Crippen molar-refractivity contribution >= 4 is 11.7 Å². The molecule has 5 nitrogen and oxygen atoms in total. The highest BCUT2D eigenvalue weighted by Gasteiger charge is 2.11. The first kappa shape index (κ1) is 15.8. The van der Waals surface area contributed by atoms with Crippen LogP contribution in [0.1, 0.15) is 22.8 Å². The highest BCUT2D eigenvalue weighted by molar-refractivity contribution is 5.98. The zero-order valence-electron chi connectivity index (χ0n) is 12.1. The normalized spacial score (nSPS) is 9.75. The SMILES string of the molecule is CCc1cccc(-c2cc(C(N)=O)c(N)[nH]2)c1.COC. The number of primary amides is 1. The number of hydrogen-bond acceptors (Lipinski definition) is 3. The van der Waals surface area contributed by atoms with Gasteiger partial charge in [-0.25, -0.2) is 0 Å². The molecule has 2 rings (SSSR count). The number of aryl methyl sites for hydroxylation is 1. The molecule has 0 radical (unpaired) electrons. The van der Waals surface area contributed by atoms with Gasteiger partial charge in [0, 0.05) is 19.9 Å². The zero-order valence-corrected chi connectivity index (χ0v) is 12.1. The Morgan fingerprint density at radius 2 is 1.95 bits per heavy atom. The third kappa shape index (κ3) is 3.86. The standard InChI is InChI=1S/C13H15N3O.C2H6O/c1-2-8-4-3-5-9(6-8)11-7-10(13(15)17)12(14)16-11;1-3-2/h3-7,16H,2,14H2,1H3,(H2,15,17);1-2H3. The first-order chi connectivity index (χ1) is 9.53. The van der Waals surface area contributed by atoms with E-state index in [0.717, 1.165) is 17.7 Å². The Kier molecular flexibility index (Phi) is 5.80. The highest BCUT2D eigenvalue weighted by Crippen LogP contribution is 2.24. The summed E-state index contributed by atoms with van der Waals surface area (Å²) in [5.74, 6) is -0.203. The van der Waals surface area contributed by atoms with Gasteiger partial charge in [0.1, 0.15) is 5.82 Å². The second-order valence-electron chi connectivity index (χ2n) is 4.34. The van der Waals surface area contributed by atoms with E-state index in [4.69, 9.17) is 11.5 Å². The lowest BCUT2D eigenvalue weighted by Crippen LogP contribution is -2.11. The van der Waals surface area contributed by atoms with Crippen LogP contribution in [0.5, 0.6) is 0 Å². The number of hydrogen-bond donors (Lipinski definition) is 3. The molecule has 0 fully saturated rings. The molecule has 0 aliphatic heterocycles. The molecule has 0 aliphatic carbocycles. The number of ether oxygens (including phenoxy) is 1. The fraction of sp³-hybridized carbons (Fsp3) is 0.267.